The highest BCUT2D eigenvalue weighted by Gasteiger charge is 2.10. The SMILES string of the molecule is COc1ccnc(CNCCc2cccnc2)c1OC. The van der Waals surface area contributed by atoms with Crippen molar-refractivity contribution in [1.29, 1.82) is 0 Å². The summed E-state index contributed by atoms with van der Waals surface area (Å²) in [5.41, 5.74) is 2.06. The zero-order chi connectivity index (χ0) is 14.2. The van der Waals surface area contributed by atoms with E-state index in [4.69, 9.17) is 9.47 Å². The van der Waals surface area contributed by atoms with Gasteiger partial charge in [0.05, 0.1) is 19.9 Å². The van der Waals surface area contributed by atoms with Gasteiger partial charge in [0.25, 0.3) is 0 Å². The van der Waals surface area contributed by atoms with E-state index in [0.29, 0.717) is 18.0 Å². The lowest BCUT2D eigenvalue weighted by molar-refractivity contribution is 0.348. The molecule has 2 aromatic heterocycles. The molecule has 0 aromatic carbocycles. The van der Waals surface area contributed by atoms with E-state index in [1.165, 1.54) is 5.56 Å². The van der Waals surface area contributed by atoms with Crippen molar-refractivity contribution < 1.29 is 9.47 Å². The van der Waals surface area contributed by atoms with Crippen LogP contribution in [0.2, 0.25) is 0 Å². The first kappa shape index (κ1) is 14.3. The van der Waals surface area contributed by atoms with Crippen molar-refractivity contribution in [3.8, 4) is 11.5 Å². The second-order valence-corrected chi connectivity index (χ2v) is 4.28. The van der Waals surface area contributed by atoms with E-state index in [0.717, 1.165) is 18.7 Å². The molecule has 0 amide bonds. The summed E-state index contributed by atoms with van der Waals surface area (Å²) in [5, 5.41) is 3.35. The molecule has 0 fully saturated rings. The Morgan fingerprint density at radius 1 is 1.15 bits per heavy atom. The number of rotatable bonds is 7. The summed E-state index contributed by atoms with van der Waals surface area (Å²) in [4.78, 5) is 8.42. The molecular formula is C15H19N3O2. The van der Waals surface area contributed by atoms with Gasteiger partial charge < -0.3 is 14.8 Å². The van der Waals surface area contributed by atoms with Crippen molar-refractivity contribution in [2.24, 2.45) is 0 Å². The fourth-order valence-electron chi connectivity index (χ4n) is 1.96. The van der Waals surface area contributed by atoms with Crippen molar-refractivity contribution in [3.63, 3.8) is 0 Å². The maximum absolute atomic E-state index is 5.35. The van der Waals surface area contributed by atoms with Crippen LogP contribution in [0.1, 0.15) is 11.3 Å². The fourth-order valence-corrected chi connectivity index (χ4v) is 1.96. The van der Waals surface area contributed by atoms with Gasteiger partial charge in [-0.05, 0) is 24.6 Å². The zero-order valence-electron chi connectivity index (χ0n) is 11.8. The Hall–Kier alpha value is -2.14. The standard InChI is InChI=1S/C15H19N3O2/c1-19-14-6-9-18-13(15(14)20-2)11-17-8-5-12-4-3-7-16-10-12/h3-4,6-7,9-10,17H,5,8,11H2,1-2H3. The van der Waals surface area contributed by atoms with E-state index in [9.17, 15) is 0 Å². The Labute approximate surface area is 119 Å². The maximum atomic E-state index is 5.35. The molecule has 5 nitrogen and oxygen atoms in total. The third kappa shape index (κ3) is 3.68. The Morgan fingerprint density at radius 2 is 2.05 bits per heavy atom. The van der Waals surface area contributed by atoms with Gasteiger partial charge in [0.15, 0.2) is 11.5 Å². The van der Waals surface area contributed by atoms with Crippen LogP contribution in [0.25, 0.3) is 0 Å². The number of nitrogens with zero attached hydrogens (tertiary/aromatic N) is 2. The number of aromatic nitrogens is 2. The average Bonchev–Trinajstić information content (AvgIpc) is 2.52. The molecule has 2 aromatic rings. The second-order valence-electron chi connectivity index (χ2n) is 4.28. The summed E-state index contributed by atoms with van der Waals surface area (Å²) >= 11 is 0. The van der Waals surface area contributed by atoms with Gasteiger partial charge >= 0.3 is 0 Å². The molecule has 2 rings (SSSR count). The minimum absolute atomic E-state index is 0.640. The predicted octanol–water partition coefficient (Wildman–Crippen LogP) is 1.83. The quantitative estimate of drug-likeness (QED) is 0.780. The number of hydrogen-bond donors (Lipinski definition) is 1. The third-order valence-corrected chi connectivity index (χ3v) is 2.97. The summed E-state index contributed by atoms with van der Waals surface area (Å²) in [5.74, 6) is 1.38. The zero-order valence-corrected chi connectivity index (χ0v) is 11.8. The van der Waals surface area contributed by atoms with Gasteiger partial charge in [0.2, 0.25) is 0 Å². The van der Waals surface area contributed by atoms with Crippen LogP contribution < -0.4 is 14.8 Å². The number of pyridine rings is 2. The van der Waals surface area contributed by atoms with Crippen molar-refractivity contribution >= 4 is 0 Å². The molecule has 0 saturated heterocycles. The molecule has 2 heterocycles. The molecule has 0 aliphatic rings. The highest BCUT2D eigenvalue weighted by molar-refractivity contribution is 5.42. The van der Waals surface area contributed by atoms with Gasteiger partial charge in [-0.3, -0.25) is 9.97 Å². The number of hydrogen-bond acceptors (Lipinski definition) is 5. The molecule has 106 valence electrons. The lowest BCUT2D eigenvalue weighted by Gasteiger charge is -2.12. The van der Waals surface area contributed by atoms with E-state index in [-0.39, 0.29) is 0 Å². The maximum Gasteiger partial charge on any atom is 0.183 e. The van der Waals surface area contributed by atoms with Crippen LogP contribution >= 0.6 is 0 Å². The molecular weight excluding hydrogens is 254 g/mol. The second kappa shape index (κ2) is 7.45. The van der Waals surface area contributed by atoms with Crippen LogP contribution in [0.4, 0.5) is 0 Å². The van der Waals surface area contributed by atoms with Crippen LogP contribution in [-0.2, 0) is 13.0 Å². The molecule has 0 spiro atoms. The first-order chi connectivity index (χ1) is 9.85. The number of ether oxygens (including phenoxy) is 2. The van der Waals surface area contributed by atoms with Crippen molar-refractivity contribution in [2.75, 3.05) is 20.8 Å². The highest BCUT2D eigenvalue weighted by Crippen LogP contribution is 2.28. The highest BCUT2D eigenvalue weighted by atomic mass is 16.5. The van der Waals surface area contributed by atoms with Gasteiger partial charge in [-0.25, -0.2) is 0 Å². The average molecular weight is 273 g/mol. The molecule has 0 bridgehead atoms. The summed E-state index contributed by atoms with van der Waals surface area (Å²) < 4.78 is 10.6. The molecule has 20 heavy (non-hydrogen) atoms. The normalized spacial score (nSPS) is 10.3. The summed E-state index contributed by atoms with van der Waals surface area (Å²) in [6, 6.07) is 5.80. The Morgan fingerprint density at radius 3 is 2.75 bits per heavy atom. The Kier molecular flexibility index (Phi) is 5.32. The molecule has 5 heteroatoms. The monoisotopic (exact) mass is 273 g/mol. The van der Waals surface area contributed by atoms with E-state index < -0.39 is 0 Å². The smallest absolute Gasteiger partial charge is 0.183 e. The summed E-state index contributed by atoms with van der Waals surface area (Å²) in [6.07, 6.45) is 6.31. The molecule has 0 atom stereocenters. The van der Waals surface area contributed by atoms with Crippen molar-refractivity contribution in [3.05, 3.63) is 48.0 Å². The van der Waals surface area contributed by atoms with Gasteiger partial charge in [-0.1, -0.05) is 6.07 Å². The van der Waals surface area contributed by atoms with Gasteiger partial charge in [-0.2, -0.15) is 0 Å². The van der Waals surface area contributed by atoms with E-state index in [1.807, 2.05) is 12.3 Å². The van der Waals surface area contributed by atoms with Crippen LogP contribution in [0.3, 0.4) is 0 Å². The lowest BCUT2D eigenvalue weighted by atomic mass is 10.2. The molecule has 0 aliphatic carbocycles. The van der Waals surface area contributed by atoms with Crippen LogP contribution in [0, 0.1) is 0 Å². The molecule has 1 N–H and O–H groups in total. The topological polar surface area (TPSA) is 56.3 Å². The fraction of sp³-hybridized carbons (Fsp3) is 0.333. The van der Waals surface area contributed by atoms with Crippen molar-refractivity contribution in [1.82, 2.24) is 15.3 Å². The van der Waals surface area contributed by atoms with Gasteiger partial charge in [0.1, 0.15) is 0 Å². The largest absolute Gasteiger partial charge is 0.493 e. The van der Waals surface area contributed by atoms with E-state index in [1.54, 1.807) is 32.7 Å². The first-order valence-electron chi connectivity index (χ1n) is 6.50. The minimum atomic E-state index is 0.640. The number of nitrogens with one attached hydrogen (secondary N) is 1. The van der Waals surface area contributed by atoms with Crippen LogP contribution in [-0.4, -0.2) is 30.7 Å². The Bertz CT molecular complexity index is 532. The van der Waals surface area contributed by atoms with Gasteiger partial charge in [0, 0.05) is 31.2 Å². The van der Waals surface area contributed by atoms with E-state index in [2.05, 4.69) is 21.4 Å². The third-order valence-electron chi connectivity index (χ3n) is 2.97. The molecule has 0 aliphatic heterocycles. The summed E-state index contributed by atoms with van der Waals surface area (Å²) in [6.45, 7) is 1.49. The molecule has 0 unspecified atom stereocenters. The predicted molar refractivity (Wildman–Crippen MR) is 77.0 cm³/mol. The summed E-state index contributed by atoms with van der Waals surface area (Å²) in [7, 11) is 3.25. The minimum Gasteiger partial charge on any atom is -0.493 e. The van der Waals surface area contributed by atoms with E-state index >= 15 is 0 Å². The number of methoxy groups -OCH3 is 2. The van der Waals surface area contributed by atoms with Crippen LogP contribution in [0.15, 0.2) is 36.8 Å². The molecule has 0 radical (unpaired) electrons. The van der Waals surface area contributed by atoms with Gasteiger partial charge in [-0.15, -0.1) is 0 Å². The van der Waals surface area contributed by atoms with Crippen LogP contribution in [0.5, 0.6) is 11.5 Å². The Balaban J connectivity index is 1.88. The molecule has 0 saturated carbocycles. The first-order valence-corrected chi connectivity index (χ1v) is 6.50. The van der Waals surface area contributed by atoms with Crippen molar-refractivity contribution in [2.45, 2.75) is 13.0 Å². The lowest BCUT2D eigenvalue weighted by Crippen LogP contribution is -2.18.